The Morgan fingerprint density at radius 1 is 1.10 bits per heavy atom. The maximum Gasteiger partial charge on any atom is 0.411 e. The largest absolute Gasteiger partial charge is 0.489 e. The molecule has 2 aromatic rings. The Balaban J connectivity index is 1.41. The number of amides is 4. The number of carbonyl (C=O) groups excluding carboxylic acids is 3. The highest BCUT2D eigenvalue weighted by molar-refractivity contribution is 7.91. The zero-order valence-corrected chi connectivity index (χ0v) is 35.4. The van der Waals surface area contributed by atoms with Gasteiger partial charge in [-0.1, -0.05) is 44.2 Å². The van der Waals surface area contributed by atoms with Gasteiger partial charge in [-0.15, -0.1) is 0 Å². The number of rotatable bonds is 11. The molecule has 3 heterocycles. The number of sulfonamides is 1. The van der Waals surface area contributed by atoms with E-state index in [0.29, 0.717) is 62.7 Å². The number of allylic oxidation sites excluding steroid dienone is 1. The molecule has 1 saturated heterocycles. The Morgan fingerprint density at radius 2 is 1.78 bits per heavy atom. The van der Waals surface area contributed by atoms with Crippen molar-refractivity contribution in [3.63, 3.8) is 0 Å². The van der Waals surface area contributed by atoms with Crippen LogP contribution >= 0.6 is 0 Å². The van der Waals surface area contributed by atoms with Gasteiger partial charge in [-0.05, 0) is 77.2 Å². The van der Waals surface area contributed by atoms with Gasteiger partial charge >= 0.3 is 12.3 Å². The van der Waals surface area contributed by atoms with Crippen molar-refractivity contribution < 1.29 is 60.1 Å². The quantitative estimate of drug-likeness (QED) is 0.199. The van der Waals surface area contributed by atoms with Crippen molar-refractivity contribution >= 4 is 44.6 Å². The molecular weight excluding hydrogens is 812 g/mol. The minimum Gasteiger partial charge on any atom is -0.489 e. The fourth-order valence-electron chi connectivity index (χ4n) is 8.33. The summed E-state index contributed by atoms with van der Waals surface area (Å²) < 4.78 is 89.0. The van der Waals surface area contributed by atoms with Crippen LogP contribution < -0.4 is 19.5 Å². The molecule has 0 radical (unpaired) electrons. The molecule has 2 saturated carbocycles. The second-order valence-corrected chi connectivity index (χ2v) is 19.6. The van der Waals surface area contributed by atoms with Crippen LogP contribution in [0.4, 0.5) is 18.0 Å². The lowest BCUT2D eigenvalue weighted by atomic mass is 9.85. The summed E-state index contributed by atoms with van der Waals surface area (Å²) in [6.45, 7) is 6.45. The summed E-state index contributed by atoms with van der Waals surface area (Å²) in [5.41, 5.74) is -4.77. The zero-order chi connectivity index (χ0) is 44.0. The molecule has 3 N–H and O–H groups in total. The van der Waals surface area contributed by atoms with Gasteiger partial charge in [0.05, 0.1) is 24.1 Å². The van der Waals surface area contributed by atoms with Crippen LogP contribution in [0.1, 0.15) is 79.6 Å². The minimum absolute atomic E-state index is 0.0460. The summed E-state index contributed by atoms with van der Waals surface area (Å²) in [5, 5.41) is 14.4. The average molecular weight is 866 g/mol. The minimum atomic E-state index is -5.10. The lowest BCUT2D eigenvalue weighted by Gasteiger charge is -2.45. The number of pyridine rings is 1. The number of aromatic nitrogens is 1. The summed E-state index contributed by atoms with van der Waals surface area (Å²) >= 11 is 0. The number of benzene rings is 1. The first-order valence-electron chi connectivity index (χ1n) is 20.2. The molecule has 330 valence electrons. The molecule has 0 unspecified atom stereocenters. The summed E-state index contributed by atoms with van der Waals surface area (Å²) in [6, 6.07) is 3.65. The Hall–Kier alpha value is -4.65. The van der Waals surface area contributed by atoms with Crippen molar-refractivity contribution in [3.8, 4) is 11.6 Å². The summed E-state index contributed by atoms with van der Waals surface area (Å²) in [5.74, 6) is -4.11. The van der Waals surface area contributed by atoms with Crippen LogP contribution in [0.25, 0.3) is 10.8 Å². The highest BCUT2D eigenvalue weighted by Gasteiger charge is 2.64. The molecule has 7 atom stereocenters. The number of ether oxygens (including phenoxy) is 3. The lowest BCUT2D eigenvalue weighted by molar-refractivity contribution is -0.222. The number of methoxy groups -OCH3 is 1. The number of hydrogen-bond acceptors (Lipinski definition) is 10. The van der Waals surface area contributed by atoms with E-state index in [2.05, 4.69) is 15.0 Å². The van der Waals surface area contributed by atoms with Crippen molar-refractivity contribution in [1.29, 1.82) is 0 Å². The average Bonchev–Trinajstić information content (AvgIpc) is 4.05. The third-order valence-corrected chi connectivity index (χ3v) is 14.7. The van der Waals surface area contributed by atoms with Crippen LogP contribution in [-0.2, 0) is 29.1 Å². The molecule has 2 aliphatic carbocycles. The molecule has 1 aromatic heterocycles. The van der Waals surface area contributed by atoms with Crippen molar-refractivity contribution in [3.05, 3.63) is 42.6 Å². The van der Waals surface area contributed by atoms with Gasteiger partial charge in [0.25, 0.3) is 5.91 Å². The van der Waals surface area contributed by atoms with Gasteiger partial charge in [0.1, 0.15) is 41.6 Å². The highest BCUT2D eigenvalue weighted by atomic mass is 32.2. The molecule has 15 nitrogen and oxygen atoms in total. The van der Waals surface area contributed by atoms with Crippen molar-refractivity contribution in [2.24, 2.45) is 17.8 Å². The SMILES string of the molecule is COCCOc1cnc(O[C@@H]2C[C@H]3C(=O)N[C@]4(C(=O)NS(=O)(=O)C5(C)CC5)C[C@H]4C=CCC[C@H](C)C[C@@H](C)[C@H](N(C(=O)O)C(C)(C)C(F)(F)F)C(=O)N3C2)c2ccccc12. The fraction of sp³-hybridized carbons (Fsp3) is 0.634. The van der Waals surface area contributed by atoms with Crippen molar-refractivity contribution in [2.75, 3.05) is 26.9 Å². The van der Waals surface area contributed by atoms with Gasteiger partial charge in [0.2, 0.25) is 27.7 Å². The first kappa shape index (κ1) is 44.9. The third kappa shape index (κ3) is 8.74. The Labute approximate surface area is 347 Å². The lowest BCUT2D eigenvalue weighted by Crippen LogP contribution is -2.66. The van der Waals surface area contributed by atoms with E-state index in [9.17, 15) is 41.1 Å². The Morgan fingerprint density at radius 3 is 2.42 bits per heavy atom. The number of fused-ring (bicyclic) bond motifs is 3. The van der Waals surface area contributed by atoms with E-state index < -0.39 is 85.9 Å². The standard InChI is InChI=1S/C41H54F3N5O10S/c1-24-11-7-8-12-26-21-40(26,36(52)47-60(55,56)39(5)15-16-39)46-33(50)30-20-27(59-34-29-14-10-9-13-28(29)31(22-45-34)58-18-17-57-6)23-48(30)35(51)32(25(2)19-24)49(37(53)54)38(3,4)41(42,43)44/h8-10,12-14,22,24-27,30,32H,7,11,15-21,23H2,1-6H3,(H,46,50)(H,47,52)(H,53,54)/t24-,25+,26+,27+,30-,32-,40+/m0/s1. The molecule has 4 amide bonds. The van der Waals surface area contributed by atoms with Gasteiger partial charge < -0.3 is 29.5 Å². The number of halogens is 3. The molecule has 3 fully saturated rings. The van der Waals surface area contributed by atoms with E-state index in [0.717, 1.165) is 4.90 Å². The van der Waals surface area contributed by atoms with Crippen LogP contribution in [0, 0.1) is 17.8 Å². The summed E-state index contributed by atoms with van der Waals surface area (Å²) in [4.78, 5) is 62.2. The van der Waals surface area contributed by atoms with Gasteiger partial charge in [-0.25, -0.2) is 18.2 Å². The third-order valence-electron chi connectivity index (χ3n) is 12.5. The summed E-state index contributed by atoms with van der Waals surface area (Å²) in [7, 11) is -2.59. The fourth-order valence-corrected chi connectivity index (χ4v) is 9.64. The van der Waals surface area contributed by atoms with Crippen LogP contribution in [0.2, 0.25) is 0 Å². The van der Waals surface area contributed by atoms with Gasteiger partial charge in [0.15, 0.2) is 0 Å². The molecule has 1 aromatic carbocycles. The zero-order valence-electron chi connectivity index (χ0n) is 34.6. The van der Waals surface area contributed by atoms with E-state index in [1.807, 2.05) is 6.92 Å². The number of nitrogens with zero attached hydrogens (tertiary/aromatic N) is 3. The Kier molecular flexibility index (Phi) is 12.5. The molecule has 19 heteroatoms. The van der Waals surface area contributed by atoms with E-state index in [1.165, 1.54) is 27.2 Å². The molecule has 60 heavy (non-hydrogen) atoms. The van der Waals surface area contributed by atoms with E-state index >= 15 is 4.79 Å². The van der Waals surface area contributed by atoms with Crippen molar-refractivity contribution in [1.82, 2.24) is 24.8 Å². The van der Waals surface area contributed by atoms with Crippen LogP contribution in [-0.4, -0.2) is 119 Å². The monoisotopic (exact) mass is 865 g/mol. The maximum absolute atomic E-state index is 15.0. The van der Waals surface area contributed by atoms with Gasteiger partial charge in [-0.2, -0.15) is 13.2 Å². The number of carboxylic acid groups (broad SMARTS) is 1. The van der Waals surface area contributed by atoms with Crippen LogP contribution in [0.15, 0.2) is 42.6 Å². The Bertz CT molecular complexity index is 2130. The maximum atomic E-state index is 15.0. The van der Waals surface area contributed by atoms with Gasteiger partial charge in [0, 0.05) is 30.2 Å². The number of nitrogens with one attached hydrogen (secondary N) is 2. The first-order valence-corrected chi connectivity index (χ1v) is 21.7. The second-order valence-electron chi connectivity index (χ2n) is 17.4. The first-order chi connectivity index (χ1) is 28.1. The predicted molar refractivity (Wildman–Crippen MR) is 212 cm³/mol. The summed E-state index contributed by atoms with van der Waals surface area (Å²) in [6.07, 6.45) is -1.46. The van der Waals surface area contributed by atoms with Gasteiger partial charge in [-0.3, -0.25) is 24.0 Å². The van der Waals surface area contributed by atoms with E-state index in [-0.39, 0.29) is 49.1 Å². The normalized spacial score (nSPS) is 28.4. The van der Waals surface area contributed by atoms with E-state index in [4.69, 9.17) is 14.2 Å². The number of alkyl halides is 3. The van der Waals surface area contributed by atoms with E-state index in [1.54, 1.807) is 36.4 Å². The molecule has 6 rings (SSSR count). The molecule has 2 aliphatic heterocycles. The second kappa shape index (κ2) is 16.7. The number of hydrogen-bond donors (Lipinski definition) is 3. The number of carbonyl (C=O) groups is 4. The highest BCUT2D eigenvalue weighted by Crippen LogP contribution is 2.48. The molecule has 0 bridgehead atoms. The van der Waals surface area contributed by atoms with Crippen LogP contribution in [0.3, 0.4) is 0 Å². The molecule has 4 aliphatic rings. The smallest absolute Gasteiger partial charge is 0.411 e. The van der Waals surface area contributed by atoms with Crippen molar-refractivity contribution in [2.45, 2.75) is 120 Å². The molecular formula is C41H54F3N5O10S. The topological polar surface area (TPSA) is 194 Å². The molecule has 0 spiro atoms. The predicted octanol–water partition coefficient (Wildman–Crippen LogP) is 5.18. The van der Waals surface area contributed by atoms with Crippen LogP contribution in [0.5, 0.6) is 11.6 Å².